The highest BCUT2D eigenvalue weighted by Gasteiger charge is 2.09. The van der Waals surface area contributed by atoms with Gasteiger partial charge in [0, 0.05) is 6.20 Å². The average molecular weight is 233 g/mol. The molecule has 0 spiro atoms. The van der Waals surface area contributed by atoms with Gasteiger partial charge in [-0.1, -0.05) is 6.08 Å². The van der Waals surface area contributed by atoms with Gasteiger partial charge in [-0.25, -0.2) is 0 Å². The molecule has 0 saturated heterocycles. The largest absolute Gasteiger partial charge is 0.469 e. The molecule has 2 heterocycles. The molecule has 1 aromatic rings. The molecule has 0 aromatic carbocycles. The second-order valence-corrected chi connectivity index (χ2v) is 3.84. The Morgan fingerprint density at radius 2 is 2.47 bits per heavy atom. The number of carbonyl (C=O) groups is 1. The van der Waals surface area contributed by atoms with Crippen LogP contribution in [0, 0.1) is 0 Å². The summed E-state index contributed by atoms with van der Waals surface area (Å²) in [6.07, 6.45) is 4.92. The Balaban J connectivity index is 2.16. The third kappa shape index (κ3) is 3.14. The summed E-state index contributed by atoms with van der Waals surface area (Å²) in [5.74, 6) is -0.268. The van der Waals surface area contributed by atoms with Crippen molar-refractivity contribution in [3.63, 3.8) is 0 Å². The van der Waals surface area contributed by atoms with Gasteiger partial charge in [-0.05, 0) is 29.7 Å². The fourth-order valence-electron chi connectivity index (χ4n) is 1.78. The maximum Gasteiger partial charge on any atom is 0.311 e. The second-order valence-electron chi connectivity index (χ2n) is 3.84. The summed E-state index contributed by atoms with van der Waals surface area (Å²) in [5.41, 5.74) is 3.11. The van der Waals surface area contributed by atoms with Gasteiger partial charge in [0.2, 0.25) is 0 Å². The van der Waals surface area contributed by atoms with Gasteiger partial charge in [0.05, 0.1) is 32.4 Å². The minimum absolute atomic E-state index is 0.216. The van der Waals surface area contributed by atoms with Crippen LogP contribution in [0.2, 0.25) is 0 Å². The van der Waals surface area contributed by atoms with Gasteiger partial charge in [0.25, 0.3) is 0 Å². The lowest BCUT2D eigenvalue weighted by Crippen LogP contribution is -2.07. The highest BCUT2D eigenvalue weighted by atomic mass is 16.5. The summed E-state index contributed by atoms with van der Waals surface area (Å²) < 4.78 is 9.89. The van der Waals surface area contributed by atoms with Crippen molar-refractivity contribution >= 4 is 11.5 Å². The topological polar surface area (TPSA) is 48.4 Å². The van der Waals surface area contributed by atoms with Crippen molar-refractivity contribution in [2.75, 3.05) is 20.3 Å². The zero-order valence-corrected chi connectivity index (χ0v) is 9.81. The molecule has 4 heteroatoms. The van der Waals surface area contributed by atoms with Crippen LogP contribution in [0.4, 0.5) is 0 Å². The van der Waals surface area contributed by atoms with Crippen LogP contribution in [0.3, 0.4) is 0 Å². The summed E-state index contributed by atoms with van der Waals surface area (Å²) in [7, 11) is 1.38. The number of hydrogen-bond donors (Lipinski definition) is 0. The van der Waals surface area contributed by atoms with Crippen LogP contribution in [-0.4, -0.2) is 31.3 Å². The van der Waals surface area contributed by atoms with Crippen LogP contribution in [0.1, 0.15) is 17.7 Å². The maximum atomic E-state index is 11.2. The van der Waals surface area contributed by atoms with E-state index in [0.29, 0.717) is 6.61 Å². The molecule has 4 nitrogen and oxygen atoms in total. The number of esters is 1. The number of pyridine rings is 1. The van der Waals surface area contributed by atoms with E-state index in [1.807, 2.05) is 12.1 Å². The number of hydrogen-bond acceptors (Lipinski definition) is 4. The van der Waals surface area contributed by atoms with E-state index in [2.05, 4.69) is 15.8 Å². The lowest BCUT2D eigenvalue weighted by molar-refractivity contribution is -0.139. The molecule has 0 aliphatic carbocycles. The van der Waals surface area contributed by atoms with Gasteiger partial charge in [-0.15, -0.1) is 0 Å². The molecule has 0 N–H and O–H groups in total. The molecular weight excluding hydrogens is 218 g/mol. The van der Waals surface area contributed by atoms with Crippen molar-refractivity contribution in [2.45, 2.75) is 12.8 Å². The van der Waals surface area contributed by atoms with Crippen LogP contribution in [0.15, 0.2) is 24.4 Å². The highest BCUT2D eigenvalue weighted by molar-refractivity contribution is 5.73. The number of ether oxygens (including phenoxy) is 2. The Bertz CT molecular complexity index is 440. The Morgan fingerprint density at radius 1 is 1.59 bits per heavy atom. The smallest absolute Gasteiger partial charge is 0.311 e. The normalized spacial score (nSPS) is 15.2. The summed E-state index contributed by atoms with van der Waals surface area (Å²) in [6.45, 7) is 1.41. The number of carbonyl (C=O) groups excluding carboxylic acids is 1. The van der Waals surface area contributed by atoms with E-state index < -0.39 is 0 Å². The quantitative estimate of drug-likeness (QED) is 0.744. The molecule has 0 bridgehead atoms. The predicted octanol–water partition coefficient (Wildman–Crippen LogP) is 1.60. The van der Waals surface area contributed by atoms with Gasteiger partial charge in [-0.3, -0.25) is 9.78 Å². The Kier molecular flexibility index (Phi) is 3.88. The molecule has 1 aromatic heterocycles. The Labute approximate surface area is 100 Å². The van der Waals surface area contributed by atoms with E-state index in [0.717, 1.165) is 24.3 Å². The summed E-state index contributed by atoms with van der Waals surface area (Å²) >= 11 is 0. The van der Waals surface area contributed by atoms with Crippen LogP contribution >= 0.6 is 0 Å². The molecule has 1 aliphatic rings. The van der Waals surface area contributed by atoms with Gasteiger partial charge >= 0.3 is 5.97 Å². The van der Waals surface area contributed by atoms with E-state index in [4.69, 9.17) is 4.74 Å². The number of aromatic nitrogens is 1. The monoisotopic (exact) mass is 233 g/mol. The van der Waals surface area contributed by atoms with Crippen LogP contribution < -0.4 is 0 Å². The second kappa shape index (κ2) is 5.59. The zero-order valence-electron chi connectivity index (χ0n) is 9.81. The minimum atomic E-state index is -0.268. The maximum absolute atomic E-state index is 11.2. The highest BCUT2D eigenvalue weighted by Crippen LogP contribution is 2.21. The van der Waals surface area contributed by atoms with E-state index in [-0.39, 0.29) is 12.4 Å². The van der Waals surface area contributed by atoms with Gasteiger partial charge in [-0.2, -0.15) is 0 Å². The lowest BCUT2D eigenvalue weighted by Gasteiger charge is -2.14. The molecule has 0 atom stereocenters. The van der Waals surface area contributed by atoms with Crippen molar-refractivity contribution in [2.24, 2.45) is 0 Å². The van der Waals surface area contributed by atoms with Crippen LogP contribution in [-0.2, 0) is 20.7 Å². The van der Waals surface area contributed by atoms with Gasteiger partial charge in [0.15, 0.2) is 0 Å². The Hall–Kier alpha value is -1.68. The summed E-state index contributed by atoms with van der Waals surface area (Å²) in [4.78, 5) is 15.3. The first-order valence-electron chi connectivity index (χ1n) is 5.58. The number of nitrogens with zero attached hydrogens (tertiary/aromatic N) is 1. The summed E-state index contributed by atoms with van der Waals surface area (Å²) in [6, 6.07) is 3.89. The van der Waals surface area contributed by atoms with E-state index >= 15 is 0 Å². The molecule has 0 unspecified atom stereocenters. The van der Waals surface area contributed by atoms with Crippen molar-refractivity contribution in [3.05, 3.63) is 35.7 Å². The third-order valence-corrected chi connectivity index (χ3v) is 2.70. The molecule has 0 amide bonds. The zero-order chi connectivity index (χ0) is 12.1. The minimum Gasteiger partial charge on any atom is -0.469 e. The number of rotatable bonds is 3. The average Bonchev–Trinajstić information content (AvgIpc) is 2.40. The first kappa shape index (κ1) is 11.8. The van der Waals surface area contributed by atoms with Crippen molar-refractivity contribution < 1.29 is 14.3 Å². The summed E-state index contributed by atoms with van der Waals surface area (Å²) in [5, 5.41) is 0. The van der Waals surface area contributed by atoms with Crippen molar-refractivity contribution in [3.8, 4) is 0 Å². The van der Waals surface area contributed by atoms with Gasteiger partial charge in [0.1, 0.15) is 0 Å². The molecule has 17 heavy (non-hydrogen) atoms. The lowest BCUT2D eigenvalue weighted by atomic mass is 10.0. The molecule has 90 valence electrons. The van der Waals surface area contributed by atoms with E-state index in [1.54, 1.807) is 6.20 Å². The first-order chi connectivity index (χ1) is 8.29. The predicted molar refractivity (Wildman–Crippen MR) is 63.4 cm³/mol. The molecule has 0 saturated carbocycles. The van der Waals surface area contributed by atoms with Crippen molar-refractivity contribution in [1.82, 2.24) is 4.98 Å². The van der Waals surface area contributed by atoms with Crippen molar-refractivity contribution in [1.29, 1.82) is 0 Å². The first-order valence-corrected chi connectivity index (χ1v) is 5.58. The Morgan fingerprint density at radius 3 is 3.18 bits per heavy atom. The molecular formula is C13H15NO3. The molecule has 1 aliphatic heterocycles. The van der Waals surface area contributed by atoms with E-state index in [9.17, 15) is 4.79 Å². The molecule has 0 radical (unpaired) electrons. The standard InChI is InChI=1S/C13H15NO3/c1-16-13(15)9-12-8-11(2-5-14-12)10-3-6-17-7-4-10/h2-3,5,8H,4,6-7,9H2,1H3. The fraction of sp³-hybridized carbons (Fsp3) is 0.385. The SMILES string of the molecule is COC(=O)Cc1cc(C2=CCOCC2)ccn1. The molecule has 2 rings (SSSR count). The molecule has 0 fully saturated rings. The van der Waals surface area contributed by atoms with Crippen LogP contribution in [0.25, 0.3) is 5.57 Å². The third-order valence-electron chi connectivity index (χ3n) is 2.70. The fourth-order valence-corrected chi connectivity index (χ4v) is 1.78. The van der Waals surface area contributed by atoms with Gasteiger partial charge < -0.3 is 9.47 Å². The number of methoxy groups -OCH3 is 1. The van der Waals surface area contributed by atoms with E-state index in [1.165, 1.54) is 12.7 Å². The van der Waals surface area contributed by atoms with Crippen LogP contribution in [0.5, 0.6) is 0 Å².